The maximum Gasteiger partial charge on any atom is 0.0471 e. The molecular weight excluding hydrogens is 615 g/mol. The highest BCUT2D eigenvalue weighted by Crippen LogP contribution is 2.54. The second-order valence-corrected chi connectivity index (χ2v) is 15.4. The lowest BCUT2D eigenvalue weighted by Crippen LogP contribution is -2.18. The Hall–Kier alpha value is -5.92. The number of hydrogen-bond donors (Lipinski definition) is 0. The Morgan fingerprint density at radius 2 is 0.843 bits per heavy atom. The first kappa shape index (κ1) is 29.9. The van der Waals surface area contributed by atoms with Crippen molar-refractivity contribution < 1.29 is 0 Å². The molecule has 10 rings (SSSR count). The van der Waals surface area contributed by atoms with Gasteiger partial charge in [0.2, 0.25) is 0 Å². The predicted octanol–water partition coefficient (Wildman–Crippen LogP) is 13.7. The van der Waals surface area contributed by atoms with Crippen LogP contribution in [0.25, 0.3) is 54.9 Å². The van der Waals surface area contributed by atoms with Crippen LogP contribution in [0.3, 0.4) is 0 Å². The maximum atomic E-state index is 2.47. The summed E-state index contributed by atoms with van der Waals surface area (Å²) in [5.41, 5.74) is 16.5. The van der Waals surface area contributed by atoms with E-state index in [9.17, 15) is 0 Å². The van der Waals surface area contributed by atoms with E-state index in [2.05, 4.69) is 196 Å². The van der Waals surface area contributed by atoms with Gasteiger partial charge in [-0.25, -0.2) is 0 Å². The molecule has 0 aromatic heterocycles. The smallest absolute Gasteiger partial charge is 0.0471 e. The van der Waals surface area contributed by atoms with Gasteiger partial charge in [-0.3, -0.25) is 0 Å². The Morgan fingerprint density at radius 1 is 0.333 bits per heavy atom. The monoisotopic (exact) mass is 653 g/mol. The maximum absolute atomic E-state index is 2.47. The van der Waals surface area contributed by atoms with Crippen LogP contribution < -0.4 is 4.90 Å². The van der Waals surface area contributed by atoms with Crippen molar-refractivity contribution >= 4 is 38.6 Å². The zero-order chi connectivity index (χ0) is 34.5. The number of fused-ring (bicyclic) bond motifs is 3. The van der Waals surface area contributed by atoms with Crippen molar-refractivity contribution in [2.45, 2.75) is 38.5 Å². The van der Waals surface area contributed by atoms with Crippen molar-refractivity contribution in [3.8, 4) is 33.4 Å². The van der Waals surface area contributed by atoms with Crippen LogP contribution in [0.1, 0.15) is 49.9 Å². The van der Waals surface area contributed by atoms with E-state index in [1.807, 2.05) is 0 Å². The Morgan fingerprint density at radius 3 is 1.55 bits per heavy atom. The summed E-state index contributed by atoms with van der Waals surface area (Å²) >= 11 is 0. The van der Waals surface area contributed by atoms with E-state index in [1.54, 1.807) is 0 Å². The lowest BCUT2D eigenvalue weighted by atomic mass is 9.80. The van der Waals surface area contributed by atoms with Crippen LogP contribution in [0.4, 0.5) is 17.1 Å². The van der Waals surface area contributed by atoms with E-state index in [-0.39, 0.29) is 10.8 Å². The van der Waals surface area contributed by atoms with Crippen LogP contribution in [-0.2, 0) is 10.8 Å². The number of nitrogens with zero attached hydrogens (tertiary/aromatic N) is 1. The summed E-state index contributed by atoms with van der Waals surface area (Å²) in [4.78, 5) is 2.47. The average Bonchev–Trinajstić information content (AvgIpc) is 3.54. The molecule has 51 heavy (non-hydrogen) atoms. The van der Waals surface area contributed by atoms with Crippen molar-refractivity contribution in [3.63, 3.8) is 0 Å². The van der Waals surface area contributed by atoms with Crippen molar-refractivity contribution in [2.75, 3.05) is 4.90 Å². The molecule has 0 atom stereocenters. The number of benzene rings is 8. The Balaban J connectivity index is 1.17. The molecular formula is C50H39N. The molecule has 0 saturated heterocycles. The van der Waals surface area contributed by atoms with Crippen LogP contribution in [0.5, 0.6) is 0 Å². The van der Waals surface area contributed by atoms with Crippen molar-refractivity contribution in [1.29, 1.82) is 0 Å². The normalized spacial score (nSPS) is 14.6. The minimum atomic E-state index is -0.161. The van der Waals surface area contributed by atoms with Crippen LogP contribution in [0.15, 0.2) is 164 Å². The van der Waals surface area contributed by atoms with Crippen molar-refractivity contribution in [1.82, 2.24) is 0 Å². The molecule has 8 aromatic carbocycles. The van der Waals surface area contributed by atoms with E-state index in [4.69, 9.17) is 0 Å². The van der Waals surface area contributed by atoms with E-state index >= 15 is 0 Å². The molecule has 0 heterocycles. The first-order valence-corrected chi connectivity index (χ1v) is 18.1. The van der Waals surface area contributed by atoms with Crippen molar-refractivity contribution in [2.24, 2.45) is 0 Å². The fourth-order valence-electron chi connectivity index (χ4n) is 9.08. The summed E-state index contributed by atoms with van der Waals surface area (Å²) in [5.74, 6) is 0. The van der Waals surface area contributed by atoms with Crippen molar-refractivity contribution in [3.05, 3.63) is 186 Å². The quantitative estimate of drug-likeness (QED) is 0.167. The minimum Gasteiger partial charge on any atom is -0.310 e. The van der Waals surface area contributed by atoms with Gasteiger partial charge in [-0.1, -0.05) is 143 Å². The summed E-state index contributed by atoms with van der Waals surface area (Å²) in [5, 5.41) is 5.39. The first-order chi connectivity index (χ1) is 24.8. The molecule has 2 aliphatic rings. The van der Waals surface area contributed by atoms with Crippen LogP contribution in [0, 0.1) is 0 Å². The fraction of sp³-hybridized carbons (Fsp3) is 0.120. The SMILES string of the molecule is CC1(C)c2ccccc2-c2ccc(N(c3ccc(-c4ccccc4)cc3)c3cc4c5c(ccc6cc(-c7ccccc7)cc(c65)C4(C)C)c3)cc21. The molecule has 0 amide bonds. The zero-order valence-electron chi connectivity index (χ0n) is 29.5. The molecule has 0 saturated carbocycles. The summed E-state index contributed by atoms with van der Waals surface area (Å²) in [6.07, 6.45) is 0. The lowest BCUT2D eigenvalue weighted by Gasteiger charge is -2.30. The van der Waals surface area contributed by atoms with Gasteiger partial charge in [-0.05, 0) is 126 Å². The minimum absolute atomic E-state index is 0.0893. The van der Waals surface area contributed by atoms with Crippen LogP contribution in [-0.4, -0.2) is 0 Å². The van der Waals surface area contributed by atoms with E-state index in [1.165, 1.54) is 88.6 Å². The highest BCUT2D eigenvalue weighted by molar-refractivity contribution is 6.16. The molecule has 2 aliphatic carbocycles. The summed E-state index contributed by atoms with van der Waals surface area (Å²) in [7, 11) is 0. The molecule has 8 aromatic rings. The van der Waals surface area contributed by atoms with E-state index < -0.39 is 0 Å². The van der Waals surface area contributed by atoms with Gasteiger partial charge in [0.05, 0.1) is 0 Å². The topological polar surface area (TPSA) is 3.24 Å². The molecule has 0 radical (unpaired) electrons. The van der Waals surface area contributed by atoms with Gasteiger partial charge in [0.25, 0.3) is 0 Å². The molecule has 244 valence electrons. The van der Waals surface area contributed by atoms with Gasteiger partial charge in [0.1, 0.15) is 0 Å². The van der Waals surface area contributed by atoms with Gasteiger partial charge >= 0.3 is 0 Å². The third-order valence-corrected chi connectivity index (χ3v) is 11.8. The molecule has 1 nitrogen and oxygen atoms in total. The Bertz CT molecular complexity index is 2660. The molecule has 0 N–H and O–H groups in total. The van der Waals surface area contributed by atoms with Gasteiger partial charge < -0.3 is 4.90 Å². The molecule has 0 fully saturated rings. The van der Waals surface area contributed by atoms with Gasteiger partial charge in [0.15, 0.2) is 0 Å². The largest absolute Gasteiger partial charge is 0.310 e. The number of anilines is 3. The lowest BCUT2D eigenvalue weighted by molar-refractivity contribution is 0.660. The van der Waals surface area contributed by atoms with Gasteiger partial charge in [-0.15, -0.1) is 0 Å². The Labute approximate surface area is 300 Å². The molecule has 0 unspecified atom stereocenters. The summed E-state index contributed by atoms with van der Waals surface area (Å²) in [6.45, 7) is 9.55. The summed E-state index contributed by atoms with van der Waals surface area (Å²) in [6, 6.07) is 60.9. The number of hydrogen-bond acceptors (Lipinski definition) is 1. The fourth-order valence-corrected chi connectivity index (χ4v) is 9.08. The molecule has 0 bridgehead atoms. The highest BCUT2D eigenvalue weighted by Gasteiger charge is 2.37. The third-order valence-electron chi connectivity index (χ3n) is 11.8. The predicted molar refractivity (Wildman–Crippen MR) is 217 cm³/mol. The van der Waals surface area contributed by atoms with Crippen LogP contribution >= 0.6 is 0 Å². The zero-order valence-corrected chi connectivity index (χ0v) is 29.5. The second-order valence-electron chi connectivity index (χ2n) is 15.4. The van der Waals surface area contributed by atoms with Gasteiger partial charge in [0, 0.05) is 27.9 Å². The second kappa shape index (κ2) is 10.8. The van der Waals surface area contributed by atoms with Crippen LogP contribution in [0.2, 0.25) is 0 Å². The molecule has 1 heteroatoms. The van der Waals surface area contributed by atoms with E-state index in [0.29, 0.717) is 0 Å². The Kier molecular flexibility index (Phi) is 6.34. The average molecular weight is 654 g/mol. The first-order valence-electron chi connectivity index (χ1n) is 18.1. The van der Waals surface area contributed by atoms with Gasteiger partial charge in [-0.2, -0.15) is 0 Å². The highest BCUT2D eigenvalue weighted by atomic mass is 15.1. The molecule has 0 aliphatic heterocycles. The van der Waals surface area contributed by atoms with E-state index in [0.717, 1.165) is 5.69 Å². The third kappa shape index (κ3) is 4.41. The number of rotatable bonds is 5. The standard InChI is InChI=1S/C50H39N/c1-49(2)43-18-12-11-17-41(43)42-26-25-39(30-44(42)49)51(38-23-21-34(22-24-38)32-13-7-5-8-14-32)40-28-36-20-19-35-27-37(33-15-9-6-10-16-33)29-45-47(35)48(36)46(31-40)50(45,3)4/h5-31H,1-4H3. The molecule has 0 spiro atoms. The summed E-state index contributed by atoms with van der Waals surface area (Å²) < 4.78 is 0.